The smallest absolute Gasteiger partial charge is 0.274 e. The van der Waals surface area contributed by atoms with E-state index in [-0.39, 0.29) is 5.91 Å². The van der Waals surface area contributed by atoms with Crippen molar-refractivity contribution in [3.63, 3.8) is 0 Å². The number of carbonyl (C=O) groups excluding carboxylic acids is 1. The minimum Gasteiger partial charge on any atom is -0.319 e. The predicted molar refractivity (Wildman–Crippen MR) is 92.5 cm³/mol. The minimum atomic E-state index is -0.218. The van der Waals surface area contributed by atoms with E-state index >= 15 is 0 Å². The highest BCUT2D eigenvalue weighted by Gasteiger charge is 2.08. The number of carbonyl (C=O) groups is 1. The number of fused-ring (bicyclic) bond motifs is 1. The molecule has 0 aliphatic heterocycles. The number of aromatic nitrogens is 2. The fraction of sp³-hybridized carbons (Fsp3) is 0.211. The number of rotatable bonds is 5. The molecule has 3 rings (SSSR count). The van der Waals surface area contributed by atoms with Gasteiger partial charge in [-0.05, 0) is 36.6 Å². The molecule has 1 aromatic carbocycles. The largest absolute Gasteiger partial charge is 0.319 e. The Bertz CT molecular complexity index is 812. The van der Waals surface area contributed by atoms with Gasteiger partial charge in [0.25, 0.3) is 5.91 Å². The summed E-state index contributed by atoms with van der Waals surface area (Å²) in [6.07, 6.45) is 6.73. The topological polar surface area (TPSA) is 54.9 Å². The number of amides is 1. The maximum atomic E-state index is 12.3. The van der Waals surface area contributed by atoms with Crippen LogP contribution in [-0.2, 0) is 6.42 Å². The first-order valence-corrected chi connectivity index (χ1v) is 7.87. The van der Waals surface area contributed by atoms with Crippen LogP contribution in [0.25, 0.3) is 10.9 Å². The number of aryl methyl sites for hydroxylation is 1. The Morgan fingerprint density at radius 1 is 1.09 bits per heavy atom. The van der Waals surface area contributed by atoms with Crippen LogP contribution in [0, 0.1) is 0 Å². The summed E-state index contributed by atoms with van der Waals surface area (Å²) in [7, 11) is 0. The van der Waals surface area contributed by atoms with Gasteiger partial charge in [0.2, 0.25) is 0 Å². The van der Waals surface area contributed by atoms with Crippen LogP contribution < -0.4 is 5.32 Å². The molecule has 0 saturated heterocycles. The van der Waals surface area contributed by atoms with Crippen LogP contribution in [0.15, 0.2) is 54.9 Å². The number of nitrogens with one attached hydrogen (secondary N) is 1. The molecule has 0 bridgehead atoms. The van der Waals surface area contributed by atoms with Gasteiger partial charge in [-0.15, -0.1) is 0 Å². The number of nitrogens with zero attached hydrogens (tertiary/aromatic N) is 2. The van der Waals surface area contributed by atoms with Gasteiger partial charge in [-0.25, -0.2) is 0 Å². The summed E-state index contributed by atoms with van der Waals surface area (Å²) in [6.45, 7) is 2.16. The minimum absolute atomic E-state index is 0.218. The monoisotopic (exact) mass is 305 g/mol. The van der Waals surface area contributed by atoms with Crippen molar-refractivity contribution >= 4 is 22.5 Å². The fourth-order valence-electron chi connectivity index (χ4n) is 2.42. The van der Waals surface area contributed by atoms with Crippen LogP contribution in [0.1, 0.15) is 35.8 Å². The van der Waals surface area contributed by atoms with Crippen molar-refractivity contribution in [1.82, 2.24) is 9.97 Å². The van der Waals surface area contributed by atoms with E-state index in [9.17, 15) is 4.79 Å². The summed E-state index contributed by atoms with van der Waals surface area (Å²) in [5, 5.41) is 3.84. The van der Waals surface area contributed by atoms with Gasteiger partial charge < -0.3 is 5.32 Å². The molecule has 0 fully saturated rings. The Kier molecular flexibility index (Phi) is 4.62. The molecule has 116 valence electrons. The molecule has 1 N–H and O–H groups in total. The first-order chi connectivity index (χ1) is 11.3. The standard InChI is InChI=1S/C19H19N3O/c1-2-3-6-14-9-10-18(20-12-14)19(23)22-16-11-15-7-4-5-8-17(15)21-13-16/h4-5,7-13H,2-3,6H2,1H3,(H,22,23). The lowest BCUT2D eigenvalue weighted by atomic mass is 10.1. The lowest BCUT2D eigenvalue weighted by molar-refractivity contribution is 0.102. The number of benzene rings is 1. The molecule has 0 saturated carbocycles. The number of hydrogen-bond donors (Lipinski definition) is 1. The zero-order chi connectivity index (χ0) is 16.1. The maximum Gasteiger partial charge on any atom is 0.274 e. The van der Waals surface area contributed by atoms with E-state index in [4.69, 9.17) is 0 Å². The van der Waals surface area contributed by atoms with E-state index in [0.29, 0.717) is 11.4 Å². The Balaban J connectivity index is 1.72. The van der Waals surface area contributed by atoms with Crippen molar-refractivity contribution < 1.29 is 4.79 Å². The molecule has 2 heterocycles. The van der Waals surface area contributed by atoms with Crippen LogP contribution in [0.2, 0.25) is 0 Å². The molecule has 0 radical (unpaired) electrons. The summed E-state index contributed by atoms with van der Waals surface area (Å²) < 4.78 is 0. The molecule has 4 heteroatoms. The van der Waals surface area contributed by atoms with Crippen LogP contribution in [0.5, 0.6) is 0 Å². The van der Waals surface area contributed by atoms with E-state index in [1.54, 1.807) is 18.5 Å². The summed E-state index contributed by atoms with van der Waals surface area (Å²) in [5.74, 6) is -0.218. The predicted octanol–water partition coefficient (Wildman–Crippen LogP) is 4.22. The molecule has 1 amide bonds. The normalized spacial score (nSPS) is 10.7. The molecular weight excluding hydrogens is 286 g/mol. The number of hydrogen-bond acceptors (Lipinski definition) is 3. The van der Waals surface area contributed by atoms with Crippen molar-refractivity contribution in [3.05, 3.63) is 66.1 Å². The van der Waals surface area contributed by atoms with Crippen molar-refractivity contribution in [2.24, 2.45) is 0 Å². The van der Waals surface area contributed by atoms with E-state index in [2.05, 4.69) is 22.2 Å². The summed E-state index contributed by atoms with van der Waals surface area (Å²) >= 11 is 0. The summed E-state index contributed by atoms with van der Waals surface area (Å²) in [4.78, 5) is 20.9. The van der Waals surface area contributed by atoms with Gasteiger partial charge in [0.15, 0.2) is 0 Å². The lowest BCUT2D eigenvalue weighted by Gasteiger charge is -2.06. The van der Waals surface area contributed by atoms with Gasteiger partial charge in [-0.3, -0.25) is 14.8 Å². The molecule has 4 nitrogen and oxygen atoms in total. The lowest BCUT2D eigenvalue weighted by Crippen LogP contribution is -2.13. The van der Waals surface area contributed by atoms with Gasteiger partial charge in [0.05, 0.1) is 17.4 Å². The fourth-order valence-corrected chi connectivity index (χ4v) is 2.42. The molecule has 0 aliphatic carbocycles. The van der Waals surface area contributed by atoms with Crippen molar-refractivity contribution in [1.29, 1.82) is 0 Å². The van der Waals surface area contributed by atoms with Crippen LogP contribution >= 0.6 is 0 Å². The van der Waals surface area contributed by atoms with Crippen molar-refractivity contribution in [2.75, 3.05) is 5.32 Å². The van der Waals surface area contributed by atoms with Gasteiger partial charge in [-0.2, -0.15) is 0 Å². The molecule has 0 spiro atoms. The zero-order valence-corrected chi connectivity index (χ0v) is 13.1. The SMILES string of the molecule is CCCCc1ccc(C(=O)Nc2cnc3ccccc3c2)nc1. The van der Waals surface area contributed by atoms with E-state index < -0.39 is 0 Å². The van der Waals surface area contributed by atoms with E-state index in [1.807, 2.05) is 36.4 Å². The zero-order valence-electron chi connectivity index (χ0n) is 13.1. The van der Waals surface area contributed by atoms with Crippen molar-refractivity contribution in [2.45, 2.75) is 26.2 Å². The molecule has 0 unspecified atom stereocenters. The third kappa shape index (κ3) is 3.72. The highest BCUT2D eigenvalue weighted by atomic mass is 16.1. The molecule has 3 aromatic rings. The molecule has 0 atom stereocenters. The first-order valence-electron chi connectivity index (χ1n) is 7.87. The van der Waals surface area contributed by atoms with Crippen LogP contribution in [0.4, 0.5) is 5.69 Å². The van der Waals surface area contributed by atoms with Gasteiger partial charge in [0, 0.05) is 11.6 Å². The van der Waals surface area contributed by atoms with Gasteiger partial charge >= 0.3 is 0 Å². The van der Waals surface area contributed by atoms with Crippen LogP contribution in [-0.4, -0.2) is 15.9 Å². The Morgan fingerprint density at radius 2 is 1.96 bits per heavy atom. The number of unbranched alkanes of at least 4 members (excludes halogenated alkanes) is 1. The van der Waals surface area contributed by atoms with Gasteiger partial charge in [0.1, 0.15) is 5.69 Å². The van der Waals surface area contributed by atoms with Gasteiger partial charge in [-0.1, -0.05) is 37.6 Å². The first kappa shape index (κ1) is 15.2. The average Bonchev–Trinajstić information content (AvgIpc) is 2.60. The Morgan fingerprint density at radius 3 is 2.74 bits per heavy atom. The number of pyridine rings is 2. The van der Waals surface area contributed by atoms with E-state index in [1.165, 1.54) is 0 Å². The van der Waals surface area contributed by atoms with Crippen LogP contribution in [0.3, 0.4) is 0 Å². The Labute approximate surface area is 135 Å². The maximum absolute atomic E-state index is 12.3. The molecule has 0 aliphatic rings. The second-order valence-electron chi connectivity index (χ2n) is 5.53. The van der Waals surface area contributed by atoms with Crippen molar-refractivity contribution in [3.8, 4) is 0 Å². The summed E-state index contributed by atoms with van der Waals surface area (Å²) in [6, 6.07) is 13.5. The summed E-state index contributed by atoms with van der Waals surface area (Å²) in [5.41, 5.74) is 3.16. The second-order valence-corrected chi connectivity index (χ2v) is 5.53. The third-order valence-corrected chi connectivity index (χ3v) is 3.72. The molecular formula is C19H19N3O. The highest BCUT2D eigenvalue weighted by molar-refractivity contribution is 6.03. The third-order valence-electron chi connectivity index (χ3n) is 3.72. The van der Waals surface area contributed by atoms with E-state index in [0.717, 1.165) is 35.7 Å². The Hall–Kier alpha value is -2.75. The second kappa shape index (κ2) is 7.01. The molecule has 23 heavy (non-hydrogen) atoms. The molecule has 2 aromatic heterocycles. The number of para-hydroxylation sites is 1. The quantitative estimate of drug-likeness (QED) is 0.767. The highest BCUT2D eigenvalue weighted by Crippen LogP contribution is 2.16. The number of anilines is 1. The average molecular weight is 305 g/mol.